The molecule has 0 bridgehead atoms. The van der Waals surface area contributed by atoms with Crippen LogP contribution < -0.4 is 5.73 Å². The van der Waals surface area contributed by atoms with Gasteiger partial charge < -0.3 is 20.3 Å². The zero-order valence-corrected chi connectivity index (χ0v) is 14.1. The Morgan fingerprint density at radius 2 is 1.67 bits per heavy atom. The number of piperidine rings is 1. The summed E-state index contributed by atoms with van der Waals surface area (Å²) < 4.78 is 5.31. The van der Waals surface area contributed by atoms with E-state index in [1.165, 1.54) is 6.42 Å². The summed E-state index contributed by atoms with van der Waals surface area (Å²) in [4.78, 5) is 20.9. The number of hydrogen-bond donors (Lipinski definition) is 1. The molecule has 130 valence electrons. The SMILES string of the molecule is NC(=NCc1ccc(C(=O)N2CCCCC2)cc1)N1CCOCC1. The average Bonchev–Trinajstić information content (AvgIpc) is 2.67. The summed E-state index contributed by atoms with van der Waals surface area (Å²) in [6, 6.07) is 7.72. The minimum atomic E-state index is 0.137. The van der Waals surface area contributed by atoms with Gasteiger partial charge in [-0.1, -0.05) is 12.1 Å². The van der Waals surface area contributed by atoms with Crippen LogP contribution >= 0.6 is 0 Å². The van der Waals surface area contributed by atoms with E-state index >= 15 is 0 Å². The molecule has 2 fully saturated rings. The van der Waals surface area contributed by atoms with Crippen molar-refractivity contribution in [3.05, 3.63) is 35.4 Å². The number of carbonyl (C=O) groups is 1. The van der Waals surface area contributed by atoms with Crippen LogP contribution in [0.4, 0.5) is 0 Å². The predicted octanol–water partition coefficient (Wildman–Crippen LogP) is 1.46. The molecule has 3 rings (SSSR count). The van der Waals surface area contributed by atoms with E-state index in [-0.39, 0.29) is 5.91 Å². The second-order valence-corrected chi connectivity index (χ2v) is 6.32. The molecule has 1 aromatic carbocycles. The first kappa shape index (κ1) is 16.8. The topological polar surface area (TPSA) is 71.2 Å². The molecule has 0 saturated carbocycles. The Morgan fingerprint density at radius 1 is 1.00 bits per heavy atom. The second kappa shape index (κ2) is 8.15. The highest BCUT2D eigenvalue weighted by Gasteiger charge is 2.18. The minimum absolute atomic E-state index is 0.137. The van der Waals surface area contributed by atoms with Crippen molar-refractivity contribution >= 4 is 11.9 Å². The third-order valence-corrected chi connectivity index (χ3v) is 4.60. The summed E-state index contributed by atoms with van der Waals surface area (Å²) in [7, 11) is 0. The van der Waals surface area contributed by atoms with Crippen LogP contribution in [0.25, 0.3) is 0 Å². The van der Waals surface area contributed by atoms with Crippen molar-refractivity contribution in [3.63, 3.8) is 0 Å². The van der Waals surface area contributed by atoms with Crippen molar-refractivity contribution in [2.24, 2.45) is 10.7 Å². The summed E-state index contributed by atoms with van der Waals surface area (Å²) in [5, 5.41) is 0. The van der Waals surface area contributed by atoms with Crippen molar-refractivity contribution in [1.82, 2.24) is 9.80 Å². The van der Waals surface area contributed by atoms with Gasteiger partial charge in [0.05, 0.1) is 19.8 Å². The molecule has 2 saturated heterocycles. The van der Waals surface area contributed by atoms with E-state index in [1.54, 1.807) is 0 Å². The van der Waals surface area contributed by atoms with Crippen molar-refractivity contribution in [3.8, 4) is 0 Å². The van der Waals surface area contributed by atoms with Crippen LogP contribution in [0.3, 0.4) is 0 Å². The van der Waals surface area contributed by atoms with Crippen molar-refractivity contribution in [2.75, 3.05) is 39.4 Å². The van der Waals surface area contributed by atoms with Gasteiger partial charge >= 0.3 is 0 Å². The highest BCUT2D eigenvalue weighted by atomic mass is 16.5. The smallest absolute Gasteiger partial charge is 0.253 e. The highest BCUT2D eigenvalue weighted by molar-refractivity contribution is 5.94. The number of carbonyl (C=O) groups excluding carboxylic acids is 1. The first-order valence-corrected chi connectivity index (χ1v) is 8.75. The van der Waals surface area contributed by atoms with E-state index in [0.29, 0.717) is 25.7 Å². The monoisotopic (exact) mass is 330 g/mol. The molecule has 0 aromatic heterocycles. The molecule has 0 unspecified atom stereocenters. The molecule has 1 amide bonds. The van der Waals surface area contributed by atoms with Gasteiger partial charge in [-0.25, -0.2) is 4.99 Å². The van der Waals surface area contributed by atoms with Gasteiger partial charge in [0, 0.05) is 31.7 Å². The van der Waals surface area contributed by atoms with Crippen LogP contribution in [0.1, 0.15) is 35.2 Å². The maximum Gasteiger partial charge on any atom is 0.253 e. The van der Waals surface area contributed by atoms with Crippen molar-refractivity contribution < 1.29 is 9.53 Å². The normalized spacial score (nSPS) is 19.4. The molecule has 6 heteroatoms. The second-order valence-electron chi connectivity index (χ2n) is 6.32. The van der Waals surface area contributed by atoms with Gasteiger partial charge in [0.15, 0.2) is 5.96 Å². The number of benzene rings is 1. The molecule has 2 aliphatic heterocycles. The van der Waals surface area contributed by atoms with Crippen LogP contribution in [0.15, 0.2) is 29.3 Å². The van der Waals surface area contributed by atoms with Gasteiger partial charge in [-0.15, -0.1) is 0 Å². The number of hydrogen-bond acceptors (Lipinski definition) is 3. The third-order valence-electron chi connectivity index (χ3n) is 4.60. The maximum absolute atomic E-state index is 12.4. The number of nitrogens with two attached hydrogens (primary N) is 1. The van der Waals surface area contributed by atoms with Crippen LogP contribution in [-0.2, 0) is 11.3 Å². The van der Waals surface area contributed by atoms with Crippen LogP contribution in [0.2, 0.25) is 0 Å². The molecular weight excluding hydrogens is 304 g/mol. The lowest BCUT2D eigenvalue weighted by molar-refractivity contribution is 0.0674. The number of amides is 1. The maximum atomic E-state index is 12.4. The van der Waals surface area contributed by atoms with E-state index in [0.717, 1.165) is 50.1 Å². The Balaban J connectivity index is 1.56. The molecule has 1 aromatic rings. The van der Waals surface area contributed by atoms with Crippen LogP contribution in [0.5, 0.6) is 0 Å². The largest absolute Gasteiger partial charge is 0.378 e. The van der Waals surface area contributed by atoms with Gasteiger partial charge in [-0.05, 0) is 37.0 Å². The fourth-order valence-electron chi connectivity index (χ4n) is 3.10. The molecule has 0 radical (unpaired) electrons. The Kier molecular flexibility index (Phi) is 5.69. The number of nitrogens with zero attached hydrogens (tertiary/aromatic N) is 3. The number of likely N-dealkylation sites (tertiary alicyclic amines) is 1. The zero-order valence-electron chi connectivity index (χ0n) is 14.1. The van der Waals surface area contributed by atoms with Crippen molar-refractivity contribution in [2.45, 2.75) is 25.8 Å². The lowest BCUT2D eigenvalue weighted by Gasteiger charge is -2.27. The van der Waals surface area contributed by atoms with E-state index in [4.69, 9.17) is 10.5 Å². The molecule has 2 N–H and O–H groups in total. The lowest BCUT2D eigenvalue weighted by Crippen LogP contribution is -2.44. The Hall–Kier alpha value is -2.08. The molecule has 6 nitrogen and oxygen atoms in total. The van der Waals surface area contributed by atoms with E-state index in [2.05, 4.69) is 4.99 Å². The first-order valence-electron chi connectivity index (χ1n) is 8.75. The number of aliphatic imine (C=N–C) groups is 1. The summed E-state index contributed by atoms with van der Waals surface area (Å²) in [5.74, 6) is 0.698. The lowest BCUT2D eigenvalue weighted by atomic mass is 10.1. The average molecular weight is 330 g/mol. The molecule has 24 heavy (non-hydrogen) atoms. The number of ether oxygens (including phenoxy) is 1. The van der Waals surface area contributed by atoms with E-state index in [9.17, 15) is 4.79 Å². The summed E-state index contributed by atoms with van der Waals surface area (Å²) in [6.07, 6.45) is 3.45. The Bertz CT molecular complexity index is 573. The molecular formula is C18H26N4O2. The standard InChI is InChI=1S/C18H26N4O2/c19-18(22-10-12-24-13-11-22)20-14-15-4-6-16(7-5-15)17(23)21-8-2-1-3-9-21/h4-7H,1-3,8-14H2,(H2,19,20). The van der Waals surface area contributed by atoms with Crippen molar-refractivity contribution in [1.29, 1.82) is 0 Å². The van der Waals surface area contributed by atoms with Gasteiger partial charge in [0.25, 0.3) is 5.91 Å². The van der Waals surface area contributed by atoms with Gasteiger partial charge in [0.2, 0.25) is 0 Å². The molecule has 2 heterocycles. The van der Waals surface area contributed by atoms with Gasteiger partial charge in [-0.3, -0.25) is 4.79 Å². The molecule has 0 atom stereocenters. The summed E-state index contributed by atoms with van der Waals surface area (Å²) >= 11 is 0. The number of morpholine rings is 1. The predicted molar refractivity (Wildman–Crippen MR) is 93.9 cm³/mol. The third kappa shape index (κ3) is 4.26. The number of guanidine groups is 1. The molecule has 2 aliphatic rings. The quantitative estimate of drug-likeness (QED) is 0.673. The van der Waals surface area contributed by atoms with E-state index in [1.807, 2.05) is 34.1 Å². The fourth-order valence-corrected chi connectivity index (χ4v) is 3.10. The van der Waals surface area contributed by atoms with Crippen LogP contribution in [0, 0.1) is 0 Å². The highest BCUT2D eigenvalue weighted by Crippen LogP contribution is 2.14. The fraction of sp³-hybridized carbons (Fsp3) is 0.556. The Morgan fingerprint density at radius 3 is 2.33 bits per heavy atom. The van der Waals surface area contributed by atoms with E-state index < -0.39 is 0 Å². The van der Waals surface area contributed by atoms with Crippen LogP contribution in [-0.4, -0.2) is 61.1 Å². The zero-order chi connectivity index (χ0) is 16.8. The minimum Gasteiger partial charge on any atom is -0.378 e. The number of rotatable bonds is 3. The first-order chi connectivity index (χ1) is 11.7. The summed E-state index contributed by atoms with van der Waals surface area (Å²) in [5.41, 5.74) is 7.84. The summed E-state index contributed by atoms with van der Waals surface area (Å²) in [6.45, 7) is 5.26. The van der Waals surface area contributed by atoms with Gasteiger partial charge in [-0.2, -0.15) is 0 Å². The molecule has 0 spiro atoms. The Labute approximate surface area is 143 Å². The molecule has 0 aliphatic carbocycles. The van der Waals surface area contributed by atoms with Gasteiger partial charge in [0.1, 0.15) is 0 Å².